The molecule has 2 aromatic heterocycles. The molecular weight excluding hydrogens is 444 g/mol. The van der Waals surface area contributed by atoms with E-state index in [1.54, 1.807) is 32.4 Å². The predicted molar refractivity (Wildman–Crippen MR) is 134 cm³/mol. The van der Waals surface area contributed by atoms with Crippen LogP contribution in [0.1, 0.15) is 5.56 Å². The van der Waals surface area contributed by atoms with Crippen LogP contribution in [0.25, 0.3) is 33.3 Å². The number of anilines is 1. The number of methoxy groups -OCH3 is 1. The molecule has 1 N–H and O–H groups in total. The Labute approximate surface area is 202 Å². The average Bonchev–Trinajstić information content (AvgIpc) is 2.92. The molecule has 0 amide bonds. The van der Waals surface area contributed by atoms with Crippen molar-refractivity contribution < 1.29 is 14.6 Å². The molecule has 2 aromatic carbocycles. The van der Waals surface area contributed by atoms with Gasteiger partial charge in [-0.15, -0.1) is 0 Å². The molecule has 8 nitrogen and oxygen atoms in total. The molecule has 0 radical (unpaired) electrons. The number of aryl methyl sites for hydroxylation is 1. The lowest BCUT2D eigenvalue weighted by atomic mass is 9.97. The van der Waals surface area contributed by atoms with Gasteiger partial charge >= 0.3 is 0 Å². The van der Waals surface area contributed by atoms with E-state index in [1.165, 1.54) is 4.57 Å². The summed E-state index contributed by atoms with van der Waals surface area (Å²) >= 11 is 0. The Balaban J connectivity index is 1.82. The van der Waals surface area contributed by atoms with Gasteiger partial charge in [-0.2, -0.15) is 5.26 Å². The third kappa shape index (κ3) is 3.86. The molecule has 1 aliphatic heterocycles. The number of pyridine rings is 2. The number of morpholine rings is 1. The molecule has 1 aliphatic rings. The van der Waals surface area contributed by atoms with E-state index >= 15 is 0 Å². The number of hydrogen-bond donors (Lipinski definition) is 1. The van der Waals surface area contributed by atoms with Crippen LogP contribution in [0.2, 0.25) is 0 Å². The molecule has 176 valence electrons. The van der Waals surface area contributed by atoms with Gasteiger partial charge in [0.2, 0.25) is 0 Å². The van der Waals surface area contributed by atoms with Crippen molar-refractivity contribution in [1.82, 2.24) is 9.55 Å². The fourth-order valence-corrected chi connectivity index (χ4v) is 4.48. The first-order valence-corrected chi connectivity index (χ1v) is 11.3. The number of ether oxygens (including phenoxy) is 2. The summed E-state index contributed by atoms with van der Waals surface area (Å²) in [5.41, 5.74) is 2.45. The van der Waals surface area contributed by atoms with Crippen LogP contribution in [0.3, 0.4) is 0 Å². The Kier molecular flexibility index (Phi) is 5.85. The summed E-state index contributed by atoms with van der Waals surface area (Å²) in [7, 11) is 3.26. The Morgan fingerprint density at radius 2 is 1.83 bits per heavy atom. The molecular formula is C27H24N4O4. The molecule has 0 bridgehead atoms. The van der Waals surface area contributed by atoms with Crippen LogP contribution in [0, 0.1) is 11.3 Å². The van der Waals surface area contributed by atoms with E-state index in [-0.39, 0.29) is 16.9 Å². The van der Waals surface area contributed by atoms with E-state index in [4.69, 9.17) is 14.5 Å². The summed E-state index contributed by atoms with van der Waals surface area (Å²) < 4.78 is 12.3. The lowest BCUT2D eigenvalue weighted by molar-refractivity contribution is 0.122. The maximum atomic E-state index is 13.4. The molecule has 0 atom stereocenters. The maximum Gasteiger partial charge on any atom is 0.264 e. The summed E-state index contributed by atoms with van der Waals surface area (Å²) in [6.07, 6.45) is 0. The van der Waals surface area contributed by atoms with E-state index in [0.29, 0.717) is 65.6 Å². The Morgan fingerprint density at radius 1 is 1.11 bits per heavy atom. The SMILES string of the molecule is COc1ccc(-c2cc(-c3c(O)c4ccccc4n(C)c3=O)nc(N3CCOCC3)c2C#N)cc1. The second-order valence-corrected chi connectivity index (χ2v) is 8.30. The van der Waals surface area contributed by atoms with Gasteiger partial charge in [0, 0.05) is 31.1 Å². The molecule has 3 heterocycles. The Morgan fingerprint density at radius 3 is 2.51 bits per heavy atom. The molecule has 5 rings (SSSR count). The average molecular weight is 469 g/mol. The van der Waals surface area contributed by atoms with Gasteiger partial charge in [0.05, 0.1) is 31.5 Å². The third-order valence-electron chi connectivity index (χ3n) is 6.36. The summed E-state index contributed by atoms with van der Waals surface area (Å²) in [5, 5.41) is 21.9. The normalized spacial score (nSPS) is 13.6. The van der Waals surface area contributed by atoms with Gasteiger partial charge in [0.25, 0.3) is 5.56 Å². The van der Waals surface area contributed by atoms with Crippen molar-refractivity contribution >= 4 is 16.7 Å². The highest BCUT2D eigenvalue weighted by Gasteiger charge is 2.25. The topological polar surface area (TPSA) is 101 Å². The summed E-state index contributed by atoms with van der Waals surface area (Å²) in [4.78, 5) is 20.2. The summed E-state index contributed by atoms with van der Waals surface area (Å²) in [6, 6.07) is 18.6. The largest absolute Gasteiger partial charge is 0.506 e. The van der Waals surface area contributed by atoms with Crippen molar-refractivity contribution in [2.45, 2.75) is 0 Å². The number of benzene rings is 2. The standard InChI is InChI=1S/C27H24N4O4/c1-30-23-6-4-3-5-19(23)25(32)24(27(30)33)22-15-20(17-7-9-18(34-2)10-8-17)21(16-28)26(29-22)31-11-13-35-14-12-31/h3-10,15,32H,11-14H2,1-2H3. The van der Waals surface area contributed by atoms with Gasteiger partial charge in [-0.05, 0) is 35.9 Å². The number of fused-ring (bicyclic) bond motifs is 1. The van der Waals surface area contributed by atoms with Crippen LogP contribution in [-0.2, 0) is 11.8 Å². The number of aromatic nitrogens is 2. The van der Waals surface area contributed by atoms with Gasteiger partial charge in [-0.3, -0.25) is 4.79 Å². The van der Waals surface area contributed by atoms with Gasteiger partial charge in [0.15, 0.2) is 0 Å². The van der Waals surface area contributed by atoms with Crippen LogP contribution in [0.4, 0.5) is 5.82 Å². The molecule has 0 unspecified atom stereocenters. The quantitative estimate of drug-likeness (QED) is 0.487. The van der Waals surface area contributed by atoms with E-state index in [2.05, 4.69) is 6.07 Å². The third-order valence-corrected chi connectivity index (χ3v) is 6.36. The highest BCUT2D eigenvalue weighted by molar-refractivity contribution is 5.93. The highest BCUT2D eigenvalue weighted by atomic mass is 16.5. The Bertz CT molecular complexity index is 1510. The second-order valence-electron chi connectivity index (χ2n) is 8.30. The monoisotopic (exact) mass is 468 g/mol. The van der Waals surface area contributed by atoms with Crippen LogP contribution >= 0.6 is 0 Å². The number of nitriles is 1. The predicted octanol–water partition coefficient (Wildman–Crippen LogP) is 3.69. The first-order valence-electron chi connectivity index (χ1n) is 11.3. The molecule has 0 spiro atoms. The first-order chi connectivity index (χ1) is 17.0. The zero-order chi connectivity index (χ0) is 24.5. The van der Waals surface area contributed by atoms with E-state index in [0.717, 1.165) is 5.56 Å². The minimum atomic E-state index is -0.369. The number of aromatic hydroxyl groups is 1. The van der Waals surface area contributed by atoms with Gasteiger partial charge in [-0.25, -0.2) is 4.98 Å². The van der Waals surface area contributed by atoms with Crippen molar-refractivity contribution in [3.63, 3.8) is 0 Å². The molecule has 0 aliphatic carbocycles. The minimum Gasteiger partial charge on any atom is -0.506 e. The van der Waals surface area contributed by atoms with Gasteiger partial charge in [0.1, 0.15) is 34.5 Å². The fraction of sp³-hybridized carbons (Fsp3) is 0.222. The molecule has 35 heavy (non-hydrogen) atoms. The van der Waals surface area contributed by atoms with E-state index in [1.807, 2.05) is 41.3 Å². The summed E-state index contributed by atoms with van der Waals surface area (Å²) in [6.45, 7) is 2.15. The number of nitrogens with zero attached hydrogens (tertiary/aromatic N) is 4. The number of rotatable bonds is 4. The number of hydrogen-bond acceptors (Lipinski definition) is 7. The number of para-hydroxylation sites is 1. The lowest BCUT2D eigenvalue weighted by Crippen LogP contribution is -2.37. The lowest BCUT2D eigenvalue weighted by Gasteiger charge is -2.29. The molecule has 1 fully saturated rings. The van der Waals surface area contributed by atoms with Crippen LogP contribution in [-0.4, -0.2) is 48.1 Å². The van der Waals surface area contributed by atoms with E-state index in [9.17, 15) is 15.2 Å². The van der Waals surface area contributed by atoms with Crippen molar-refractivity contribution in [3.8, 4) is 40.0 Å². The zero-order valence-corrected chi connectivity index (χ0v) is 19.5. The smallest absolute Gasteiger partial charge is 0.264 e. The molecule has 8 heteroatoms. The maximum absolute atomic E-state index is 13.4. The molecule has 0 saturated carbocycles. The van der Waals surface area contributed by atoms with Crippen molar-refractivity contribution in [3.05, 3.63) is 70.5 Å². The van der Waals surface area contributed by atoms with Crippen LogP contribution < -0.4 is 15.2 Å². The zero-order valence-electron chi connectivity index (χ0n) is 19.5. The first kappa shape index (κ1) is 22.4. The molecule has 1 saturated heterocycles. The van der Waals surface area contributed by atoms with Crippen LogP contribution in [0.5, 0.6) is 11.5 Å². The fourth-order valence-electron chi connectivity index (χ4n) is 4.48. The highest BCUT2D eigenvalue weighted by Crippen LogP contribution is 2.38. The van der Waals surface area contributed by atoms with Gasteiger partial charge in [-0.1, -0.05) is 24.3 Å². The van der Waals surface area contributed by atoms with Gasteiger partial charge < -0.3 is 24.0 Å². The Hall–Kier alpha value is -4.35. The van der Waals surface area contributed by atoms with Crippen LogP contribution in [0.15, 0.2) is 59.4 Å². The molecule has 4 aromatic rings. The van der Waals surface area contributed by atoms with Crippen molar-refractivity contribution in [2.24, 2.45) is 7.05 Å². The van der Waals surface area contributed by atoms with Crippen molar-refractivity contribution in [1.29, 1.82) is 5.26 Å². The van der Waals surface area contributed by atoms with E-state index < -0.39 is 0 Å². The summed E-state index contributed by atoms with van der Waals surface area (Å²) in [5.74, 6) is 1.03. The van der Waals surface area contributed by atoms with Crippen molar-refractivity contribution in [2.75, 3.05) is 38.3 Å². The second kappa shape index (κ2) is 9.12. The minimum absolute atomic E-state index is 0.0972.